The van der Waals surface area contributed by atoms with Gasteiger partial charge in [-0.2, -0.15) is 0 Å². The lowest BCUT2D eigenvalue weighted by Crippen LogP contribution is -2.29. The molecule has 8 heteroatoms. The summed E-state index contributed by atoms with van der Waals surface area (Å²) in [5.41, 5.74) is 2.75. The summed E-state index contributed by atoms with van der Waals surface area (Å²) in [6, 6.07) is 11.5. The zero-order valence-corrected chi connectivity index (χ0v) is 17.2. The Morgan fingerprint density at radius 2 is 1.80 bits per heavy atom. The number of anilines is 1. The lowest BCUT2D eigenvalue weighted by molar-refractivity contribution is -0.116. The fraction of sp³-hybridized carbons (Fsp3) is 0.182. The third-order valence-electron chi connectivity index (χ3n) is 5.61. The van der Waals surface area contributed by atoms with Crippen molar-refractivity contribution in [2.45, 2.75) is 25.2 Å². The Hall–Kier alpha value is -2.96. The molecule has 1 atom stereocenters. The number of carbonyl (C=O) groups excluding carboxylic acids is 1. The van der Waals surface area contributed by atoms with E-state index in [0.29, 0.717) is 39.1 Å². The first-order chi connectivity index (χ1) is 14.4. The molecule has 0 saturated heterocycles. The molecule has 3 N–H and O–H groups in total. The van der Waals surface area contributed by atoms with E-state index >= 15 is 0 Å². The van der Waals surface area contributed by atoms with Crippen LogP contribution >= 0.6 is 23.2 Å². The molecule has 0 radical (unpaired) electrons. The second-order valence-corrected chi connectivity index (χ2v) is 8.30. The second kappa shape index (κ2) is 7.07. The average molecular weight is 442 g/mol. The number of aromatic hydroxyl groups is 1. The number of hydrogen-bond acceptors (Lipinski definition) is 4. The number of benzene rings is 2. The van der Waals surface area contributed by atoms with Crippen molar-refractivity contribution in [3.63, 3.8) is 0 Å². The molecule has 1 aliphatic heterocycles. The van der Waals surface area contributed by atoms with Crippen LogP contribution in [0.4, 0.5) is 5.82 Å². The SMILES string of the molecule is O=C1CCCC2=C1[C@@H](c1ccc(O)cc1)c1c([nH]n(-c3cc(Cl)ccc3Cl)c1=O)N2. The van der Waals surface area contributed by atoms with Crippen molar-refractivity contribution in [3.05, 3.63) is 85.3 Å². The maximum Gasteiger partial charge on any atom is 0.277 e. The first-order valence-electron chi connectivity index (χ1n) is 9.56. The first kappa shape index (κ1) is 19.0. The maximum atomic E-state index is 13.5. The fourth-order valence-corrected chi connectivity index (χ4v) is 4.63. The molecule has 5 rings (SSSR count). The van der Waals surface area contributed by atoms with E-state index in [1.54, 1.807) is 42.5 Å². The summed E-state index contributed by atoms with van der Waals surface area (Å²) in [4.78, 5) is 26.4. The van der Waals surface area contributed by atoms with Crippen molar-refractivity contribution >= 4 is 34.8 Å². The third-order valence-corrected chi connectivity index (χ3v) is 6.17. The van der Waals surface area contributed by atoms with Crippen LogP contribution in [-0.2, 0) is 4.79 Å². The van der Waals surface area contributed by atoms with Crippen LogP contribution in [0.25, 0.3) is 5.69 Å². The van der Waals surface area contributed by atoms with Crippen LogP contribution < -0.4 is 10.9 Å². The Labute approximate surface area is 181 Å². The summed E-state index contributed by atoms with van der Waals surface area (Å²) in [5.74, 6) is 0.143. The van der Waals surface area contributed by atoms with Gasteiger partial charge in [-0.05, 0) is 48.7 Å². The van der Waals surface area contributed by atoms with Crippen LogP contribution in [0.2, 0.25) is 10.0 Å². The van der Waals surface area contributed by atoms with E-state index < -0.39 is 5.92 Å². The molecule has 0 amide bonds. The van der Waals surface area contributed by atoms with Gasteiger partial charge in [0.05, 0.1) is 16.3 Å². The Kier molecular flexibility index (Phi) is 4.49. The van der Waals surface area contributed by atoms with Gasteiger partial charge in [0.1, 0.15) is 11.6 Å². The molecule has 2 aliphatic rings. The van der Waals surface area contributed by atoms with Crippen molar-refractivity contribution < 1.29 is 9.90 Å². The van der Waals surface area contributed by atoms with Crippen LogP contribution in [0.3, 0.4) is 0 Å². The monoisotopic (exact) mass is 441 g/mol. The zero-order valence-electron chi connectivity index (χ0n) is 15.7. The summed E-state index contributed by atoms with van der Waals surface area (Å²) < 4.78 is 1.35. The predicted octanol–water partition coefficient (Wildman–Crippen LogP) is 4.74. The van der Waals surface area contributed by atoms with Crippen molar-refractivity contribution in [1.82, 2.24) is 9.78 Å². The smallest absolute Gasteiger partial charge is 0.277 e. The molecule has 0 saturated carbocycles. The van der Waals surface area contributed by atoms with E-state index in [2.05, 4.69) is 10.4 Å². The molecular formula is C22H17Cl2N3O3. The number of aromatic nitrogens is 2. The summed E-state index contributed by atoms with van der Waals surface area (Å²) in [6.45, 7) is 0. The van der Waals surface area contributed by atoms with Crippen LogP contribution in [0.1, 0.15) is 36.3 Å². The number of ketones is 1. The van der Waals surface area contributed by atoms with Gasteiger partial charge in [0.2, 0.25) is 0 Å². The van der Waals surface area contributed by atoms with Crippen LogP contribution in [0.15, 0.2) is 58.5 Å². The lowest BCUT2D eigenvalue weighted by atomic mass is 9.77. The number of nitrogens with one attached hydrogen (secondary N) is 2. The summed E-state index contributed by atoms with van der Waals surface area (Å²) in [7, 11) is 0. The van der Waals surface area contributed by atoms with Crippen molar-refractivity contribution in [2.24, 2.45) is 0 Å². The number of allylic oxidation sites excluding steroid dienone is 2. The molecule has 6 nitrogen and oxygen atoms in total. The van der Waals surface area contributed by atoms with Crippen LogP contribution in [0, 0.1) is 0 Å². The standard InChI is InChI=1S/C22H17Cl2N3O3/c23-12-6-9-14(24)16(10-12)27-22(30)20-18(11-4-7-13(28)8-5-11)19-15(25-21(20)26-27)2-1-3-17(19)29/h4-10,18,25-26,28H,1-3H2/t18-/m1/s1. The van der Waals surface area contributed by atoms with Crippen LogP contribution in [0.5, 0.6) is 5.75 Å². The van der Waals surface area contributed by atoms with Gasteiger partial charge >= 0.3 is 0 Å². The highest BCUT2D eigenvalue weighted by atomic mass is 35.5. The molecule has 1 aliphatic carbocycles. The number of hydrogen-bond donors (Lipinski definition) is 3. The molecular weight excluding hydrogens is 425 g/mol. The molecule has 0 unspecified atom stereocenters. The largest absolute Gasteiger partial charge is 0.508 e. The quantitative estimate of drug-likeness (QED) is 0.535. The topological polar surface area (TPSA) is 87.1 Å². The van der Waals surface area contributed by atoms with E-state index in [1.807, 2.05) is 0 Å². The molecule has 3 aromatic rings. The number of aromatic amines is 1. The molecule has 152 valence electrons. The fourth-order valence-electron chi connectivity index (χ4n) is 4.26. The number of nitrogens with zero attached hydrogens (tertiary/aromatic N) is 1. The van der Waals surface area contributed by atoms with Gasteiger partial charge in [0.15, 0.2) is 5.78 Å². The van der Waals surface area contributed by atoms with Gasteiger partial charge in [0, 0.05) is 28.6 Å². The molecule has 1 aromatic heterocycles. The number of H-pyrrole nitrogens is 1. The first-order valence-corrected chi connectivity index (χ1v) is 10.3. The zero-order chi connectivity index (χ0) is 21.0. The molecule has 0 bridgehead atoms. The van der Waals surface area contributed by atoms with Crippen molar-refractivity contribution in [1.29, 1.82) is 0 Å². The maximum absolute atomic E-state index is 13.5. The summed E-state index contributed by atoms with van der Waals surface area (Å²) >= 11 is 12.5. The second-order valence-electron chi connectivity index (χ2n) is 7.46. The van der Waals surface area contributed by atoms with Gasteiger partial charge in [0.25, 0.3) is 5.56 Å². The Morgan fingerprint density at radius 1 is 1.03 bits per heavy atom. The van der Waals surface area contributed by atoms with E-state index in [0.717, 1.165) is 24.1 Å². The van der Waals surface area contributed by atoms with E-state index in [9.17, 15) is 14.7 Å². The summed E-state index contributed by atoms with van der Waals surface area (Å²) in [6.07, 6.45) is 1.93. The van der Waals surface area contributed by atoms with Gasteiger partial charge in [-0.15, -0.1) is 0 Å². The van der Waals surface area contributed by atoms with Gasteiger partial charge in [-0.1, -0.05) is 35.3 Å². The normalized spacial score (nSPS) is 18.1. The average Bonchev–Trinajstić information content (AvgIpc) is 3.05. The van der Waals surface area contributed by atoms with Gasteiger partial charge in [-0.3, -0.25) is 14.7 Å². The van der Waals surface area contributed by atoms with E-state index in [-0.39, 0.29) is 17.1 Å². The highest BCUT2D eigenvalue weighted by molar-refractivity contribution is 6.34. The van der Waals surface area contributed by atoms with Crippen LogP contribution in [-0.4, -0.2) is 20.7 Å². The minimum atomic E-state index is -0.535. The molecule has 0 spiro atoms. The number of fused-ring (bicyclic) bond motifs is 1. The molecule has 30 heavy (non-hydrogen) atoms. The third kappa shape index (κ3) is 2.95. The van der Waals surface area contributed by atoms with E-state index in [4.69, 9.17) is 23.2 Å². The number of Topliss-reactive ketones (excluding diaryl/α,β-unsaturated/α-hetero) is 1. The van der Waals surface area contributed by atoms with Crippen molar-refractivity contribution in [3.8, 4) is 11.4 Å². The van der Waals surface area contributed by atoms with E-state index in [1.165, 1.54) is 4.68 Å². The lowest BCUT2D eigenvalue weighted by Gasteiger charge is -2.31. The number of carbonyl (C=O) groups is 1. The van der Waals surface area contributed by atoms with Crippen molar-refractivity contribution in [2.75, 3.05) is 5.32 Å². The highest BCUT2D eigenvalue weighted by Crippen LogP contribution is 2.44. The number of halogens is 2. The highest BCUT2D eigenvalue weighted by Gasteiger charge is 2.38. The molecule has 0 fully saturated rings. The molecule has 2 heterocycles. The number of phenolic OH excluding ortho intramolecular Hbond substituents is 1. The number of rotatable bonds is 2. The van der Waals surface area contributed by atoms with Gasteiger partial charge < -0.3 is 10.4 Å². The van der Waals surface area contributed by atoms with Gasteiger partial charge in [-0.25, -0.2) is 4.68 Å². The Bertz CT molecular complexity index is 1270. The summed E-state index contributed by atoms with van der Waals surface area (Å²) in [5, 5.41) is 16.9. The number of phenols is 1. The minimum Gasteiger partial charge on any atom is -0.508 e. The minimum absolute atomic E-state index is 0.0282. The molecule has 2 aromatic carbocycles. The Balaban J connectivity index is 1.76. The predicted molar refractivity (Wildman–Crippen MR) is 116 cm³/mol. The Morgan fingerprint density at radius 3 is 2.57 bits per heavy atom.